The molecule has 0 radical (unpaired) electrons. The van der Waals surface area contributed by atoms with Crippen LogP contribution < -0.4 is 15.2 Å². The van der Waals surface area contributed by atoms with E-state index in [1.54, 1.807) is 0 Å². The molecule has 0 saturated heterocycles. The number of fused-ring (bicyclic) bond motifs is 1. The Morgan fingerprint density at radius 1 is 1.33 bits per heavy atom. The highest BCUT2D eigenvalue weighted by Crippen LogP contribution is 2.39. The number of nitrogens with two attached hydrogens (primary N) is 1. The van der Waals surface area contributed by atoms with Gasteiger partial charge < -0.3 is 19.7 Å². The Bertz CT molecular complexity index is 644. The summed E-state index contributed by atoms with van der Waals surface area (Å²) in [4.78, 5) is 4.28. The van der Waals surface area contributed by atoms with Gasteiger partial charge in [0, 0.05) is 12.8 Å². The zero-order valence-electron chi connectivity index (χ0n) is 11.6. The third kappa shape index (κ3) is 2.89. The molecular formula is C14H16BrN3O3. The van der Waals surface area contributed by atoms with Gasteiger partial charge in [0.25, 0.3) is 0 Å². The van der Waals surface area contributed by atoms with Crippen molar-refractivity contribution in [2.45, 2.75) is 25.8 Å². The molecule has 1 aromatic heterocycles. The lowest BCUT2D eigenvalue weighted by atomic mass is 10.1. The van der Waals surface area contributed by atoms with Gasteiger partial charge in [0.1, 0.15) is 0 Å². The lowest BCUT2D eigenvalue weighted by Crippen LogP contribution is -2.14. The van der Waals surface area contributed by atoms with Gasteiger partial charge in [-0.15, -0.1) is 0 Å². The summed E-state index contributed by atoms with van der Waals surface area (Å²) in [5.74, 6) is 2.44. The number of halogens is 1. The fourth-order valence-corrected chi connectivity index (χ4v) is 2.69. The van der Waals surface area contributed by atoms with E-state index in [2.05, 4.69) is 26.1 Å². The van der Waals surface area contributed by atoms with Crippen LogP contribution in [0.1, 0.15) is 36.7 Å². The zero-order chi connectivity index (χ0) is 14.8. The van der Waals surface area contributed by atoms with Crippen LogP contribution >= 0.6 is 15.9 Å². The first kappa shape index (κ1) is 14.3. The average Bonchev–Trinajstić information content (AvgIpc) is 2.84. The van der Waals surface area contributed by atoms with E-state index in [0.29, 0.717) is 42.8 Å². The smallest absolute Gasteiger partial charge is 0.226 e. The molecule has 112 valence electrons. The van der Waals surface area contributed by atoms with Gasteiger partial charge in [-0.05, 0) is 33.6 Å². The van der Waals surface area contributed by atoms with Crippen molar-refractivity contribution >= 4 is 15.9 Å². The Hall–Kier alpha value is -1.60. The summed E-state index contributed by atoms with van der Waals surface area (Å²) in [6.07, 6.45) is 1.54. The first-order valence-electron chi connectivity index (χ1n) is 6.86. The minimum absolute atomic E-state index is 0.466. The van der Waals surface area contributed by atoms with E-state index in [1.165, 1.54) is 0 Å². The number of aryl methyl sites for hydroxylation is 1. The van der Waals surface area contributed by atoms with Gasteiger partial charge in [0.05, 0.1) is 23.7 Å². The van der Waals surface area contributed by atoms with Gasteiger partial charge in [0.15, 0.2) is 17.3 Å². The highest BCUT2D eigenvalue weighted by Gasteiger charge is 2.21. The number of hydrogen-bond donors (Lipinski definition) is 1. The van der Waals surface area contributed by atoms with Gasteiger partial charge in [-0.25, -0.2) is 0 Å². The van der Waals surface area contributed by atoms with Crippen LogP contribution in [-0.4, -0.2) is 23.4 Å². The van der Waals surface area contributed by atoms with Crippen LogP contribution in [0.4, 0.5) is 0 Å². The topological polar surface area (TPSA) is 83.4 Å². The van der Waals surface area contributed by atoms with E-state index >= 15 is 0 Å². The van der Waals surface area contributed by atoms with Crippen LogP contribution in [-0.2, 0) is 6.42 Å². The summed E-state index contributed by atoms with van der Waals surface area (Å²) in [7, 11) is 0. The number of ether oxygens (including phenoxy) is 2. The Balaban J connectivity index is 1.94. The third-order valence-corrected chi connectivity index (χ3v) is 3.84. The molecular weight excluding hydrogens is 338 g/mol. The van der Waals surface area contributed by atoms with Gasteiger partial charge in [0.2, 0.25) is 5.89 Å². The fraction of sp³-hybridized carbons (Fsp3) is 0.429. The van der Waals surface area contributed by atoms with Crippen LogP contribution in [0.3, 0.4) is 0 Å². The molecule has 0 spiro atoms. The first-order chi connectivity index (χ1) is 10.2. The monoisotopic (exact) mass is 353 g/mol. The molecule has 2 N–H and O–H groups in total. The molecule has 1 aliphatic heterocycles. The molecule has 0 aliphatic carbocycles. The molecule has 1 aliphatic rings. The van der Waals surface area contributed by atoms with Crippen molar-refractivity contribution in [3.63, 3.8) is 0 Å². The standard InChI is InChI=1S/C14H16BrN3O3/c1-2-11-17-14(18-21-11)12(16)8-6-9(15)13-10(7-8)19-4-3-5-20-13/h6-7,12H,2-5,16H2,1H3. The molecule has 7 heteroatoms. The highest BCUT2D eigenvalue weighted by molar-refractivity contribution is 9.10. The maximum atomic E-state index is 6.22. The Labute approximate surface area is 130 Å². The van der Waals surface area contributed by atoms with Crippen molar-refractivity contribution in [2.75, 3.05) is 13.2 Å². The lowest BCUT2D eigenvalue weighted by molar-refractivity contribution is 0.296. The van der Waals surface area contributed by atoms with E-state index in [4.69, 9.17) is 19.7 Å². The molecule has 0 bridgehead atoms. The SMILES string of the molecule is CCc1nc(C(N)c2cc(Br)c3c(c2)OCCCO3)no1. The molecule has 0 amide bonds. The molecule has 0 saturated carbocycles. The van der Waals surface area contributed by atoms with Crippen LogP contribution in [0.2, 0.25) is 0 Å². The molecule has 1 aromatic carbocycles. The predicted molar refractivity (Wildman–Crippen MR) is 79.5 cm³/mol. The molecule has 2 heterocycles. The quantitative estimate of drug-likeness (QED) is 0.912. The number of hydrogen-bond acceptors (Lipinski definition) is 6. The normalized spacial score (nSPS) is 15.6. The fourth-order valence-electron chi connectivity index (χ4n) is 2.12. The maximum Gasteiger partial charge on any atom is 0.226 e. The molecule has 1 atom stereocenters. The third-order valence-electron chi connectivity index (χ3n) is 3.25. The van der Waals surface area contributed by atoms with Crippen molar-refractivity contribution < 1.29 is 14.0 Å². The van der Waals surface area contributed by atoms with E-state index < -0.39 is 6.04 Å². The zero-order valence-corrected chi connectivity index (χ0v) is 13.2. The summed E-state index contributed by atoms with van der Waals surface area (Å²) in [5.41, 5.74) is 7.07. The number of aromatic nitrogens is 2. The molecule has 0 fully saturated rings. The number of benzene rings is 1. The number of nitrogens with zero attached hydrogens (tertiary/aromatic N) is 2. The molecule has 2 aromatic rings. The molecule has 21 heavy (non-hydrogen) atoms. The van der Waals surface area contributed by atoms with Gasteiger partial charge in [-0.3, -0.25) is 0 Å². The van der Waals surface area contributed by atoms with Gasteiger partial charge in [-0.2, -0.15) is 4.98 Å². The second-order valence-corrected chi connectivity index (χ2v) is 5.61. The highest BCUT2D eigenvalue weighted by atomic mass is 79.9. The molecule has 3 rings (SSSR count). The van der Waals surface area contributed by atoms with Crippen molar-refractivity contribution in [1.82, 2.24) is 10.1 Å². The van der Waals surface area contributed by atoms with Crippen LogP contribution in [0.25, 0.3) is 0 Å². The van der Waals surface area contributed by atoms with Gasteiger partial charge >= 0.3 is 0 Å². The lowest BCUT2D eigenvalue weighted by Gasteiger charge is -2.14. The van der Waals surface area contributed by atoms with E-state index in [-0.39, 0.29) is 0 Å². The van der Waals surface area contributed by atoms with E-state index in [1.807, 2.05) is 19.1 Å². The minimum Gasteiger partial charge on any atom is -0.490 e. The van der Waals surface area contributed by atoms with Crippen molar-refractivity contribution in [1.29, 1.82) is 0 Å². The summed E-state index contributed by atoms with van der Waals surface area (Å²) in [6, 6.07) is 3.31. The summed E-state index contributed by atoms with van der Waals surface area (Å²) >= 11 is 3.50. The molecule has 6 nitrogen and oxygen atoms in total. The Morgan fingerprint density at radius 3 is 2.90 bits per heavy atom. The molecule has 1 unspecified atom stereocenters. The first-order valence-corrected chi connectivity index (χ1v) is 7.65. The second-order valence-electron chi connectivity index (χ2n) is 4.76. The van der Waals surface area contributed by atoms with Crippen molar-refractivity contribution in [3.05, 3.63) is 33.9 Å². The minimum atomic E-state index is -0.470. The van der Waals surface area contributed by atoms with E-state index in [9.17, 15) is 0 Å². The number of rotatable bonds is 3. The van der Waals surface area contributed by atoms with Crippen molar-refractivity contribution in [2.24, 2.45) is 5.73 Å². The average molecular weight is 354 g/mol. The van der Waals surface area contributed by atoms with Crippen molar-refractivity contribution in [3.8, 4) is 11.5 Å². The van der Waals surface area contributed by atoms with Crippen LogP contribution in [0, 0.1) is 0 Å². The van der Waals surface area contributed by atoms with Gasteiger partial charge in [-0.1, -0.05) is 12.1 Å². The van der Waals surface area contributed by atoms with Crippen LogP contribution in [0.5, 0.6) is 11.5 Å². The second kappa shape index (κ2) is 6.03. The summed E-state index contributed by atoms with van der Waals surface area (Å²) in [6.45, 7) is 3.22. The largest absolute Gasteiger partial charge is 0.490 e. The van der Waals surface area contributed by atoms with Crippen LogP contribution in [0.15, 0.2) is 21.1 Å². The summed E-state index contributed by atoms with van der Waals surface area (Å²) < 4.78 is 17.3. The summed E-state index contributed by atoms with van der Waals surface area (Å²) in [5, 5.41) is 3.93. The van der Waals surface area contributed by atoms with E-state index in [0.717, 1.165) is 16.5 Å². The Morgan fingerprint density at radius 2 is 2.14 bits per heavy atom. The maximum absolute atomic E-state index is 6.22. The Kier molecular flexibility index (Phi) is 4.12. The predicted octanol–water partition coefficient (Wildman–Crippen LogP) is 2.60.